The molecule has 0 unspecified atom stereocenters. The second-order valence-corrected chi connectivity index (χ2v) is 11.7. The molecule has 0 spiro atoms. The number of nitrogens with zero attached hydrogens (tertiary/aromatic N) is 4. The van der Waals surface area contributed by atoms with Gasteiger partial charge >= 0.3 is 0 Å². The maximum absolute atomic E-state index is 5.00. The van der Waals surface area contributed by atoms with E-state index in [4.69, 9.17) is 4.98 Å². The SMILES string of the molecule is Cc1cn2cc(-c3ccc4nc(N(C)C5CC(C)(C)NC(C)(C)C5)sc4c3)cc2c(C)n1.Cl. The van der Waals surface area contributed by atoms with Crippen LogP contribution in [0.25, 0.3) is 26.9 Å². The van der Waals surface area contributed by atoms with Gasteiger partial charge in [-0.25, -0.2) is 4.98 Å². The largest absolute Gasteiger partial charge is 0.348 e. The molecule has 4 aromatic rings. The Bertz CT molecular complexity index is 1300. The van der Waals surface area contributed by atoms with Crippen molar-refractivity contribution >= 4 is 44.6 Å². The molecule has 5 nitrogen and oxygen atoms in total. The van der Waals surface area contributed by atoms with Gasteiger partial charge in [0.1, 0.15) is 0 Å². The first kappa shape index (κ1) is 24.0. The molecule has 7 heteroatoms. The third-order valence-electron chi connectivity index (χ3n) is 6.62. The van der Waals surface area contributed by atoms with Gasteiger partial charge in [0, 0.05) is 42.1 Å². The van der Waals surface area contributed by atoms with Crippen molar-refractivity contribution in [3.05, 3.63) is 48.0 Å². The third kappa shape index (κ3) is 4.61. The normalized spacial score (nSPS) is 17.9. The number of piperidine rings is 1. The number of halogens is 1. The van der Waals surface area contributed by atoms with Gasteiger partial charge in [-0.2, -0.15) is 0 Å². The van der Waals surface area contributed by atoms with Crippen LogP contribution in [-0.2, 0) is 0 Å². The molecule has 0 aliphatic carbocycles. The summed E-state index contributed by atoms with van der Waals surface area (Å²) >= 11 is 1.80. The molecule has 1 aliphatic rings. The molecule has 0 radical (unpaired) electrons. The topological polar surface area (TPSA) is 45.5 Å². The zero-order valence-corrected chi connectivity index (χ0v) is 22.2. The summed E-state index contributed by atoms with van der Waals surface area (Å²) in [5.74, 6) is 0. The number of rotatable bonds is 3. The third-order valence-corrected chi connectivity index (χ3v) is 7.73. The van der Waals surface area contributed by atoms with Gasteiger partial charge in [0.2, 0.25) is 0 Å². The van der Waals surface area contributed by atoms with Crippen molar-refractivity contribution in [1.82, 2.24) is 19.7 Å². The van der Waals surface area contributed by atoms with E-state index in [0.29, 0.717) is 6.04 Å². The van der Waals surface area contributed by atoms with Crippen LogP contribution in [0.2, 0.25) is 0 Å². The summed E-state index contributed by atoms with van der Waals surface area (Å²) in [5.41, 5.74) is 7.00. The molecule has 1 aliphatic heterocycles. The second kappa shape index (κ2) is 8.26. The first-order valence-corrected chi connectivity index (χ1v) is 12.2. The molecule has 1 N–H and O–H groups in total. The van der Waals surface area contributed by atoms with E-state index in [1.807, 2.05) is 6.92 Å². The van der Waals surface area contributed by atoms with E-state index >= 15 is 0 Å². The summed E-state index contributed by atoms with van der Waals surface area (Å²) in [5, 5.41) is 4.89. The lowest BCUT2D eigenvalue weighted by Gasteiger charge is -2.48. The van der Waals surface area contributed by atoms with Crippen LogP contribution in [0.3, 0.4) is 0 Å². The Morgan fingerprint density at radius 2 is 1.70 bits per heavy atom. The van der Waals surface area contributed by atoms with Gasteiger partial charge in [-0.1, -0.05) is 17.4 Å². The fourth-order valence-corrected chi connectivity index (χ4v) is 6.57. The van der Waals surface area contributed by atoms with Gasteiger partial charge in [0.05, 0.1) is 27.1 Å². The summed E-state index contributed by atoms with van der Waals surface area (Å²) in [7, 11) is 2.21. The maximum Gasteiger partial charge on any atom is 0.186 e. The van der Waals surface area contributed by atoms with Crippen LogP contribution in [0, 0.1) is 13.8 Å². The van der Waals surface area contributed by atoms with Crippen LogP contribution >= 0.6 is 23.7 Å². The summed E-state index contributed by atoms with van der Waals surface area (Å²) in [6, 6.07) is 9.33. The van der Waals surface area contributed by atoms with Crippen LogP contribution in [0.1, 0.15) is 51.9 Å². The smallest absolute Gasteiger partial charge is 0.186 e. The van der Waals surface area contributed by atoms with Crippen molar-refractivity contribution in [2.75, 3.05) is 11.9 Å². The molecule has 0 bridgehead atoms. The number of hydrogen-bond donors (Lipinski definition) is 1. The van der Waals surface area contributed by atoms with Crippen LogP contribution in [0.4, 0.5) is 5.13 Å². The first-order valence-electron chi connectivity index (χ1n) is 11.4. The lowest BCUT2D eigenvalue weighted by atomic mass is 9.79. The molecule has 3 aromatic heterocycles. The Morgan fingerprint density at radius 1 is 1.00 bits per heavy atom. The highest BCUT2D eigenvalue weighted by molar-refractivity contribution is 7.22. The highest BCUT2D eigenvalue weighted by atomic mass is 35.5. The number of thiazole rings is 1. The Balaban J connectivity index is 0.00000259. The maximum atomic E-state index is 5.00. The Kier molecular flexibility index (Phi) is 6.00. The minimum absolute atomic E-state index is 0. The highest BCUT2D eigenvalue weighted by Gasteiger charge is 2.39. The van der Waals surface area contributed by atoms with Crippen molar-refractivity contribution in [2.24, 2.45) is 0 Å². The molecular formula is C26H34ClN5S. The predicted molar refractivity (Wildman–Crippen MR) is 143 cm³/mol. The lowest BCUT2D eigenvalue weighted by molar-refractivity contribution is 0.161. The number of nitrogens with one attached hydrogen (secondary N) is 1. The van der Waals surface area contributed by atoms with Crippen molar-refractivity contribution < 1.29 is 0 Å². The molecule has 4 heterocycles. The molecule has 1 saturated heterocycles. The fourth-order valence-electron chi connectivity index (χ4n) is 5.53. The van der Waals surface area contributed by atoms with E-state index in [9.17, 15) is 0 Å². The van der Waals surface area contributed by atoms with E-state index in [1.165, 1.54) is 15.8 Å². The minimum Gasteiger partial charge on any atom is -0.348 e. The Hall–Kier alpha value is -2.15. The van der Waals surface area contributed by atoms with E-state index in [2.05, 4.69) is 97.9 Å². The van der Waals surface area contributed by atoms with Gasteiger partial charge in [-0.15, -0.1) is 12.4 Å². The number of hydrogen-bond acceptors (Lipinski definition) is 5. The molecule has 1 aromatic carbocycles. The quantitative estimate of drug-likeness (QED) is 0.366. The average Bonchev–Trinajstić information content (AvgIpc) is 3.28. The van der Waals surface area contributed by atoms with Gasteiger partial charge in [-0.3, -0.25) is 4.98 Å². The minimum atomic E-state index is 0. The number of aryl methyl sites for hydroxylation is 2. The molecular weight excluding hydrogens is 450 g/mol. The number of aromatic nitrogens is 3. The van der Waals surface area contributed by atoms with Gasteiger partial charge in [0.25, 0.3) is 0 Å². The second-order valence-electron chi connectivity index (χ2n) is 10.7. The predicted octanol–water partition coefficient (Wildman–Crippen LogP) is 6.40. The van der Waals surface area contributed by atoms with E-state index in [1.54, 1.807) is 11.3 Å². The molecule has 5 rings (SSSR count). The summed E-state index contributed by atoms with van der Waals surface area (Å²) < 4.78 is 3.42. The highest BCUT2D eigenvalue weighted by Crippen LogP contribution is 2.37. The fraction of sp³-hybridized carbons (Fsp3) is 0.462. The number of anilines is 1. The van der Waals surface area contributed by atoms with Gasteiger partial charge < -0.3 is 14.6 Å². The van der Waals surface area contributed by atoms with Crippen LogP contribution in [-0.4, -0.2) is 38.5 Å². The van der Waals surface area contributed by atoms with Gasteiger partial charge in [-0.05, 0) is 78.1 Å². The molecule has 0 saturated carbocycles. The van der Waals surface area contributed by atoms with Crippen LogP contribution < -0.4 is 10.2 Å². The van der Waals surface area contributed by atoms with Crippen LogP contribution in [0.5, 0.6) is 0 Å². The number of benzene rings is 1. The molecule has 1 fully saturated rings. The van der Waals surface area contributed by atoms with Crippen molar-refractivity contribution in [2.45, 2.75) is 71.5 Å². The lowest BCUT2D eigenvalue weighted by Crippen LogP contribution is -2.61. The van der Waals surface area contributed by atoms with E-state index in [-0.39, 0.29) is 23.5 Å². The summed E-state index contributed by atoms with van der Waals surface area (Å²) in [6.07, 6.45) is 6.51. The van der Waals surface area contributed by atoms with Crippen molar-refractivity contribution in [1.29, 1.82) is 0 Å². The average molecular weight is 484 g/mol. The standard InChI is InChI=1S/C26H33N5S.ClH/c1-16-14-31-15-19(10-22(31)17(2)27-16)18-8-9-21-23(11-18)32-24(28-21)30(7)20-12-25(3,4)29-26(5,6)13-20;/h8-11,14-15,20,29H,12-13H2,1-7H3;1H. The van der Waals surface area contributed by atoms with Crippen molar-refractivity contribution in [3.8, 4) is 11.1 Å². The van der Waals surface area contributed by atoms with Crippen LogP contribution in [0.15, 0.2) is 36.7 Å². The monoisotopic (exact) mass is 483 g/mol. The Morgan fingerprint density at radius 3 is 2.39 bits per heavy atom. The van der Waals surface area contributed by atoms with Gasteiger partial charge in [0.15, 0.2) is 5.13 Å². The zero-order valence-electron chi connectivity index (χ0n) is 20.6. The summed E-state index contributed by atoms with van der Waals surface area (Å²) in [4.78, 5) is 12.0. The zero-order chi connectivity index (χ0) is 22.8. The molecule has 176 valence electrons. The summed E-state index contributed by atoms with van der Waals surface area (Å²) in [6.45, 7) is 13.3. The first-order chi connectivity index (χ1) is 15.0. The van der Waals surface area contributed by atoms with E-state index in [0.717, 1.165) is 40.4 Å². The van der Waals surface area contributed by atoms with Crippen molar-refractivity contribution in [3.63, 3.8) is 0 Å². The molecule has 0 atom stereocenters. The van der Waals surface area contributed by atoms with E-state index < -0.39 is 0 Å². The molecule has 0 amide bonds. The Labute approximate surface area is 206 Å². The number of fused-ring (bicyclic) bond motifs is 2. The molecule has 33 heavy (non-hydrogen) atoms.